The normalized spacial score (nSPS) is 12.8. The topological polar surface area (TPSA) is 84.5 Å². The fourth-order valence-electron chi connectivity index (χ4n) is 1.64. The van der Waals surface area contributed by atoms with Crippen LogP contribution < -0.4 is 14.8 Å². The van der Waals surface area contributed by atoms with Gasteiger partial charge in [-0.1, -0.05) is 15.9 Å². The average Bonchev–Trinajstić information content (AvgIpc) is 2.40. The lowest BCUT2D eigenvalue weighted by Gasteiger charge is -2.16. The van der Waals surface area contributed by atoms with E-state index in [1.54, 1.807) is 26.0 Å². The number of nitrogens with one attached hydrogen (secondary N) is 2. The Balaban J connectivity index is 3.07. The maximum absolute atomic E-state index is 12.4. The van der Waals surface area contributed by atoms with E-state index in [-0.39, 0.29) is 16.6 Å². The molecule has 1 aromatic rings. The smallest absolute Gasteiger partial charge is 0.245 e. The number of carbonyl (C=O) groups is 1. The van der Waals surface area contributed by atoms with Crippen molar-refractivity contribution in [3.63, 3.8) is 0 Å². The number of carbonyl (C=O) groups excluding carboxylic acids is 1. The quantitative estimate of drug-likeness (QED) is 0.755. The van der Waals surface area contributed by atoms with Gasteiger partial charge >= 0.3 is 0 Å². The molecule has 0 radical (unpaired) electrons. The van der Waals surface area contributed by atoms with E-state index in [1.165, 1.54) is 13.0 Å². The fourth-order valence-corrected chi connectivity index (χ4v) is 3.53. The molecule has 8 heteroatoms. The Morgan fingerprint density at radius 3 is 2.62 bits per heavy atom. The van der Waals surface area contributed by atoms with Crippen LogP contribution in [0.3, 0.4) is 0 Å². The number of sulfonamides is 1. The van der Waals surface area contributed by atoms with Crippen LogP contribution in [0, 0.1) is 0 Å². The van der Waals surface area contributed by atoms with E-state index in [1.807, 2.05) is 0 Å². The average molecular weight is 379 g/mol. The van der Waals surface area contributed by atoms with Crippen LogP contribution in [-0.4, -0.2) is 33.5 Å². The van der Waals surface area contributed by atoms with Crippen molar-refractivity contribution in [3.05, 3.63) is 22.7 Å². The van der Waals surface area contributed by atoms with Gasteiger partial charge in [0.25, 0.3) is 0 Å². The summed E-state index contributed by atoms with van der Waals surface area (Å²) in [6.07, 6.45) is 0. The molecule has 0 bridgehead atoms. The van der Waals surface area contributed by atoms with Crippen molar-refractivity contribution in [2.75, 3.05) is 13.2 Å². The molecular formula is C13H19BrN2O4S. The summed E-state index contributed by atoms with van der Waals surface area (Å²) in [5, 5.41) is 2.56. The zero-order chi connectivity index (χ0) is 16.0. The lowest BCUT2D eigenvalue weighted by molar-refractivity contribution is -0.122. The molecule has 21 heavy (non-hydrogen) atoms. The molecule has 0 saturated heterocycles. The zero-order valence-corrected chi connectivity index (χ0v) is 14.5. The van der Waals surface area contributed by atoms with Crippen molar-refractivity contribution in [1.82, 2.24) is 10.0 Å². The highest BCUT2D eigenvalue weighted by Crippen LogP contribution is 2.27. The fraction of sp³-hybridized carbons (Fsp3) is 0.462. The van der Waals surface area contributed by atoms with E-state index in [2.05, 4.69) is 26.0 Å². The molecule has 0 spiro atoms. The molecule has 0 aliphatic rings. The van der Waals surface area contributed by atoms with Crippen molar-refractivity contribution in [2.24, 2.45) is 0 Å². The standard InChI is InChI=1S/C13H19BrN2O4S/c1-4-15-13(17)9(3)16-21(18,19)12-8-10(14)6-7-11(12)20-5-2/h6-9,16H,4-5H2,1-3H3,(H,15,17)/t9-/m1/s1. The third-order valence-corrected chi connectivity index (χ3v) is 4.63. The number of rotatable bonds is 7. The molecule has 0 aromatic heterocycles. The first-order valence-corrected chi connectivity index (χ1v) is 8.81. The Morgan fingerprint density at radius 1 is 1.38 bits per heavy atom. The molecule has 118 valence electrons. The number of likely N-dealkylation sites (N-methyl/N-ethyl adjacent to an activating group) is 1. The number of benzene rings is 1. The second kappa shape index (κ2) is 7.77. The molecule has 2 N–H and O–H groups in total. The Morgan fingerprint density at radius 2 is 2.05 bits per heavy atom. The summed E-state index contributed by atoms with van der Waals surface area (Å²) in [6.45, 7) is 5.80. The summed E-state index contributed by atoms with van der Waals surface area (Å²) >= 11 is 3.23. The highest BCUT2D eigenvalue weighted by atomic mass is 79.9. The van der Waals surface area contributed by atoms with Gasteiger partial charge in [-0.2, -0.15) is 4.72 Å². The van der Waals surface area contributed by atoms with Gasteiger partial charge in [0.15, 0.2) is 0 Å². The molecule has 0 unspecified atom stereocenters. The lowest BCUT2D eigenvalue weighted by Crippen LogP contribution is -2.44. The van der Waals surface area contributed by atoms with E-state index in [0.717, 1.165) is 0 Å². The number of halogens is 1. The van der Waals surface area contributed by atoms with Crippen LogP contribution in [-0.2, 0) is 14.8 Å². The molecule has 0 aliphatic carbocycles. The SMILES string of the molecule is CCNC(=O)[C@@H](C)NS(=O)(=O)c1cc(Br)ccc1OCC. The second-order valence-corrected chi connectivity index (χ2v) is 6.86. The highest BCUT2D eigenvalue weighted by Gasteiger charge is 2.25. The minimum atomic E-state index is -3.86. The zero-order valence-electron chi connectivity index (χ0n) is 12.1. The molecule has 0 heterocycles. The van der Waals surface area contributed by atoms with E-state index < -0.39 is 16.1 Å². The van der Waals surface area contributed by atoms with Gasteiger partial charge in [-0.3, -0.25) is 4.79 Å². The molecule has 1 atom stereocenters. The molecule has 1 amide bonds. The maximum Gasteiger partial charge on any atom is 0.245 e. The lowest BCUT2D eigenvalue weighted by atomic mass is 10.3. The van der Waals surface area contributed by atoms with E-state index in [0.29, 0.717) is 17.6 Å². The minimum absolute atomic E-state index is 0.00475. The van der Waals surface area contributed by atoms with Crippen LogP contribution in [0.2, 0.25) is 0 Å². The van der Waals surface area contributed by atoms with Gasteiger partial charge in [0.05, 0.1) is 12.6 Å². The van der Waals surface area contributed by atoms with Crippen LogP contribution in [0.25, 0.3) is 0 Å². The van der Waals surface area contributed by atoms with Crippen molar-refractivity contribution < 1.29 is 17.9 Å². The Hall–Kier alpha value is -1.12. The van der Waals surface area contributed by atoms with Crippen molar-refractivity contribution in [2.45, 2.75) is 31.7 Å². The molecule has 1 rings (SSSR count). The maximum atomic E-state index is 12.4. The van der Waals surface area contributed by atoms with Crippen LogP contribution in [0.5, 0.6) is 5.75 Å². The summed E-state index contributed by atoms with van der Waals surface area (Å²) in [4.78, 5) is 11.6. The monoisotopic (exact) mass is 378 g/mol. The van der Waals surface area contributed by atoms with Crippen LogP contribution in [0.1, 0.15) is 20.8 Å². The van der Waals surface area contributed by atoms with Crippen molar-refractivity contribution >= 4 is 31.9 Å². The summed E-state index contributed by atoms with van der Waals surface area (Å²) in [5.74, 6) is -0.134. The van der Waals surface area contributed by atoms with Gasteiger partial charge in [-0.05, 0) is 39.0 Å². The Bertz CT molecular complexity index is 604. The van der Waals surface area contributed by atoms with Gasteiger partial charge in [0.1, 0.15) is 10.6 Å². The van der Waals surface area contributed by atoms with Crippen LogP contribution >= 0.6 is 15.9 Å². The number of ether oxygens (including phenoxy) is 1. The first-order chi connectivity index (χ1) is 9.81. The van der Waals surface area contributed by atoms with Gasteiger partial charge in [-0.15, -0.1) is 0 Å². The summed E-state index contributed by atoms with van der Waals surface area (Å²) < 4.78 is 33.1. The molecule has 0 fully saturated rings. The van der Waals surface area contributed by atoms with E-state index in [9.17, 15) is 13.2 Å². The Labute approximate surface area is 133 Å². The Kier molecular flexibility index (Phi) is 6.63. The van der Waals surface area contributed by atoms with Gasteiger partial charge in [0.2, 0.25) is 15.9 Å². The summed E-state index contributed by atoms with van der Waals surface area (Å²) in [7, 11) is -3.86. The van der Waals surface area contributed by atoms with Crippen molar-refractivity contribution in [1.29, 1.82) is 0 Å². The second-order valence-electron chi connectivity index (χ2n) is 4.26. The largest absolute Gasteiger partial charge is 0.492 e. The van der Waals surface area contributed by atoms with Gasteiger partial charge in [-0.25, -0.2) is 8.42 Å². The van der Waals surface area contributed by atoms with Crippen LogP contribution in [0.4, 0.5) is 0 Å². The predicted molar refractivity (Wildman–Crippen MR) is 83.8 cm³/mol. The molecular weight excluding hydrogens is 360 g/mol. The van der Waals surface area contributed by atoms with Crippen molar-refractivity contribution in [3.8, 4) is 5.75 Å². The van der Waals surface area contributed by atoms with Gasteiger partial charge in [0, 0.05) is 11.0 Å². The predicted octanol–water partition coefficient (Wildman–Crippen LogP) is 1.65. The third kappa shape index (κ3) is 4.98. The minimum Gasteiger partial charge on any atom is -0.492 e. The van der Waals surface area contributed by atoms with Gasteiger partial charge < -0.3 is 10.1 Å². The number of amides is 1. The first-order valence-electron chi connectivity index (χ1n) is 6.54. The van der Waals surface area contributed by atoms with E-state index in [4.69, 9.17) is 4.74 Å². The van der Waals surface area contributed by atoms with Crippen LogP contribution in [0.15, 0.2) is 27.6 Å². The van der Waals surface area contributed by atoms with E-state index >= 15 is 0 Å². The summed E-state index contributed by atoms with van der Waals surface area (Å²) in [6, 6.07) is 3.83. The number of hydrogen-bond donors (Lipinski definition) is 2. The molecule has 1 aromatic carbocycles. The molecule has 0 saturated carbocycles. The number of hydrogen-bond acceptors (Lipinski definition) is 4. The highest BCUT2D eigenvalue weighted by molar-refractivity contribution is 9.10. The third-order valence-electron chi connectivity index (χ3n) is 2.57. The first kappa shape index (κ1) is 17.9. The molecule has 6 nitrogen and oxygen atoms in total. The molecule has 0 aliphatic heterocycles. The summed E-state index contributed by atoms with van der Waals surface area (Å²) in [5.41, 5.74) is 0.